The second kappa shape index (κ2) is 23.1. The van der Waals surface area contributed by atoms with Crippen molar-refractivity contribution in [1.82, 2.24) is 20.4 Å². The van der Waals surface area contributed by atoms with Gasteiger partial charge in [-0.05, 0) is 32.1 Å². The first-order valence-electron chi connectivity index (χ1n) is 17.4. The summed E-state index contributed by atoms with van der Waals surface area (Å²) in [4.78, 5) is 95.9. The normalized spacial score (nSPS) is 20.3. The van der Waals surface area contributed by atoms with Gasteiger partial charge in [-0.1, -0.05) is 26.7 Å². The fourth-order valence-corrected chi connectivity index (χ4v) is 8.43. The van der Waals surface area contributed by atoms with Crippen molar-refractivity contribution < 1.29 is 56.7 Å². The van der Waals surface area contributed by atoms with Gasteiger partial charge in [0, 0.05) is 70.0 Å². The Morgan fingerprint density at radius 2 is 1.22 bits per heavy atom. The molecule has 2 aliphatic heterocycles. The summed E-state index contributed by atoms with van der Waals surface area (Å²) in [5.74, 6) is -0.654. The van der Waals surface area contributed by atoms with Gasteiger partial charge in [0.15, 0.2) is 0 Å². The first-order valence-corrected chi connectivity index (χ1v) is 23.2. The van der Waals surface area contributed by atoms with Crippen LogP contribution in [0.4, 0.5) is 0 Å². The van der Waals surface area contributed by atoms with Gasteiger partial charge in [-0.15, -0.1) is 23.5 Å². The van der Waals surface area contributed by atoms with Crippen LogP contribution in [0.2, 0.25) is 0 Å². The Kier molecular flexibility index (Phi) is 20.6. The third kappa shape index (κ3) is 17.7. The van der Waals surface area contributed by atoms with Gasteiger partial charge in [0.1, 0.15) is 0 Å². The Morgan fingerprint density at radius 3 is 1.69 bits per heavy atom. The molecule has 2 saturated heterocycles. The van der Waals surface area contributed by atoms with Gasteiger partial charge >= 0.3 is 15.2 Å². The van der Waals surface area contributed by atoms with Gasteiger partial charge in [-0.2, -0.15) is 0 Å². The highest BCUT2D eigenvalue weighted by molar-refractivity contribution is 8.00. The average Bonchev–Trinajstić information content (AvgIpc) is 3.47. The van der Waals surface area contributed by atoms with E-state index in [9.17, 15) is 42.8 Å². The Labute approximate surface area is 308 Å². The van der Waals surface area contributed by atoms with Crippen molar-refractivity contribution in [2.24, 2.45) is 0 Å². The number of unbranched alkanes of at least 4 members (excludes halogenated alkanes) is 5. The van der Waals surface area contributed by atoms with Crippen LogP contribution in [-0.2, 0) is 46.9 Å². The lowest BCUT2D eigenvalue weighted by molar-refractivity contribution is -0.140. The molecule has 6 amide bonds. The summed E-state index contributed by atoms with van der Waals surface area (Å²) in [6.07, 6.45) is 5.23. The van der Waals surface area contributed by atoms with E-state index in [-0.39, 0.29) is 87.4 Å². The summed E-state index contributed by atoms with van der Waals surface area (Å²) in [7, 11) is -7.15. The molecule has 0 aromatic heterocycles. The number of thioether (sulfide) groups is 2. The third-order valence-corrected chi connectivity index (χ3v) is 13.0. The Bertz CT molecular complexity index is 1300. The van der Waals surface area contributed by atoms with Crippen molar-refractivity contribution in [3.05, 3.63) is 0 Å². The Hall–Kier alpha value is -1.78. The summed E-state index contributed by atoms with van der Waals surface area (Å²) in [6, 6.07) is 0. The largest absolute Gasteiger partial charge is 0.356 e. The molecule has 0 saturated carbocycles. The van der Waals surface area contributed by atoms with Gasteiger partial charge in [0.05, 0.1) is 29.4 Å². The molecule has 0 aromatic rings. The molecule has 51 heavy (non-hydrogen) atoms. The van der Waals surface area contributed by atoms with Gasteiger partial charge in [0.25, 0.3) is 0 Å². The number of hydrogen-bond acceptors (Lipinski definition) is 12. The number of hydrogen-bond donors (Lipinski definition) is 4. The van der Waals surface area contributed by atoms with E-state index in [1.54, 1.807) is 13.8 Å². The zero-order chi connectivity index (χ0) is 38.0. The number of imide groups is 2. The molecule has 2 aliphatic rings. The highest BCUT2D eigenvalue weighted by Crippen LogP contribution is 2.46. The standard InChI is InChI=1S/C31H54N4O12P2S2/c1-23(2)49(44,45)47-18-14-33-27(37)12-20-51-25-22-29(39)35(31(25)41)16-9-5-4-8-15-34-28(38)21-24(30(34)40)50-19-11-26(36)32-13-7-6-10-17-46-48(3,42)43/h23-25H,4-22H2,1-3H3,(H,32,36)(H,33,37)(H,42,43)(H,44,45). The molecule has 2 rings (SSSR count). The van der Waals surface area contributed by atoms with E-state index >= 15 is 0 Å². The third-order valence-electron chi connectivity index (χ3n) is 8.04. The maximum Gasteiger partial charge on any atom is 0.330 e. The van der Waals surface area contributed by atoms with Crippen LogP contribution in [0.5, 0.6) is 0 Å². The van der Waals surface area contributed by atoms with Crippen LogP contribution in [0, 0.1) is 0 Å². The lowest BCUT2D eigenvalue weighted by atomic mass is 10.2. The molecular weight excluding hydrogens is 746 g/mol. The summed E-state index contributed by atoms with van der Waals surface area (Å²) >= 11 is 2.56. The summed E-state index contributed by atoms with van der Waals surface area (Å²) < 4.78 is 32.6. The van der Waals surface area contributed by atoms with Gasteiger partial charge in [-0.25, -0.2) is 0 Å². The predicted octanol–water partition coefficient (Wildman–Crippen LogP) is 2.89. The number of nitrogens with one attached hydrogen (secondary N) is 2. The molecule has 20 heteroatoms. The minimum atomic E-state index is -3.69. The van der Waals surface area contributed by atoms with Gasteiger partial charge in [-0.3, -0.25) is 47.7 Å². The average molecular weight is 801 g/mol. The van der Waals surface area contributed by atoms with Crippen molar-refractivity contribution in [1.29, 1.82) is 0 Å². The minimum Gasteiger partial charge on any atom is -0.356 e. The zero-order valence-corrected chi connectivity index (χ0v) is 33.2. The van der Waals surface area contributed by atoms with Gasteiger partial charge in [0.2, 0.25) is 35.4 Å². The summed E-state index contributed by atoms with van der Waals surface area (Å²) in [5.41, 5.74) is -0.537. The lowest BCUT2D eigenvalue weighted by Crippen LogP contribution is -2.33. The molecule has 4 atom stereocenters. The number of amides is 6. The van der Waals surface area contributed by atoms with Crippen LogP contribution < -0.4 is 10.6 Å². The maximum absolute atomic E-state index is 12.8. The molecule has 0 aliphatic carbocycles. The van der Waals surface area contributed by atoms with Crippen molar-refractivity contribution in [3.8, 4) is 0 Å². The van der Waals surface area contributed by atoms with Crippen molar-refractivity contribution in [2.45, 2.75) is 101 Å². The molecule has 0 radical (unpaired) electrons. The van der Waals surface area contributed by atoms with E-state index in [2.05, 4.69) is 10.6 Å². The fraction of sp³-hybridized carbons (Fsp3) is 0.806. The van der Waals surface area contributed by atoms with Crippen molar-refractivity contribution in [3.63, 3.8) is 0 Å². The smallest absolute Gasteiger partial charge is 0.330 e. The molecule has 2 fully saturated rings. The fourth-order valence-electron chi connectivity index (χ4n) is 5.08. The molecule has 16 nitrogen and oxygen atoms in total. The van der Waals surface area contributed by atoms with E-state index in [1.165, 1.54) is 33.3 Å². The van der Waals surface area contributed by atoms with Crippen LogP contribution >= 0.6 is 38.7 Å². The van der Waals surface area contributed by atoms with Crippen LogP contribution in [0.25, 0.3) is 0 Å². The first-order chi connectivity index (χ1) is 24.0. The second-order valence-corrected chi connectivity index (χ2v) is 19.6. The minimum absolute atomic E-state index is 0.0808. The van der Waals surface area contributed by atoms with Crippen LogP contribution in [0.3, 0.4) is 0 Å². The van der Waals surface area contributed by atoms with Crippen molar-refractivity contribution in [2.75, 3.05) is 57.6 Å². The maximum atomic E-state index is 12.8. The zero-order valence-electron chi connectivity index (χ0n) is 29.7. The quantitative estimate of drug-likeness (QED) is 0.0533. The van der Waals surface area contributed by atoms with Crippen LogP contribution in [0.15, 0.2) is 0 Å². The van der Waals surface area contributed by atoms with Crippen molar-refractivity contribution >= 4 is 74.2 Å². The monoisotopic (exact) mass is 800 g/mol. The number of likely N-dealkylation sites (tertiary alicyclic amines) is 2. The Balaban J connectivity index is 1.53. The molecule has 2 heterocycles. The van der Waals surface area contributed by atoms with E-state index in [1.807, 2.05) is 0 Å². The number of carbonyl (C=O) groups is 6. The highest BCUT2D eigenvalue weighted by atomic mass is 32.2. The summed E-state index contributed by atoms with van der Waals surface area (Å²) in [6.45, 7) is 5.53. The molecule has 0 spiro atoms. The number of nitrogens with zero attached hydrogens (tertiary/aromatic N) is 2. The lowest BCUT2D eigenvalue weighted by Gasteiger charge is -2.16. The van der Waals surface area contributed by atoms with Crippen LogP contribution in [0.1, 0.15) is 84.5 Å². The first kappa shape index (κ1) is 45.4. The van der Waals surface area contributed by atoms with E-state index in [4.69, 9.17) is 13.9 Å². The topological polar surface area (TPSA) is 226 Å². The predicted molar refractivity (Wildman–Crippen MR) is 195 cm³/mol. The molecule has 0 bridgehead atoms. The molecule has 292 valence electrons. The molecule has 0 aromatic carbocycles. The summed E-state index contributed by atoms with van der Waals surface area (Å²) in [5, 5.41) is 4.37. The van der Waals surface area contributed by atoms with Gasteiger partial charge < -0.3 is 29.5 Å². The Morgan fingerprint density at radius 1 is 0.745 bits per heavy atom. The SMILES string of the molecule is CC(C)P(=O)(O)OCCNC(=O)CCSC1CC(=O)N(CCCCCCN2C(=O)CC(SCCC(=O)NCCCCCOP(C)(=O)O)C2=O)C1=O. The van der Waals surface area contributed by atoms with E-state index in [0.717, 1.165) is 13.1 Å². The highest BCUT2D eigenvalue weighted by Gasteiger charge is 2.39. The van der Waals surface area contributed by atoms with E-state index in [0.29, 0.717) is 63.1 Å². The second-order valence-electron chi connectivity index (χ2n) is 12.7. The van der Waals surface area contributed by atoms with E-state index < -0.39 is 31.4 Å². The molecule has 4 unspecified atom stereocenters. The number of carbonyl (C=O) groups excluding carboxylic acids is 6. The molecular formula is C31H54N4O12P2S2. The molecule has 4 N–H and O–H groups in total. The van der Waals surface area contributed by atoms with Crippen LogP contribution in [-0.4, -0.2) is 129 Å². The number of rotatable bonds is 27.